The van der Waals surface area contributed by atoms with Crippen LogP contribution in [0.2, 0.25) is 0 Å². The molecule has 3 spiro atoms. The van der Waals surface area contributed by atoms with Gasteiger partial charge in [-0.15, -0.1) is 0 Å². The van der Waals surface area contributed by atoms with Crippen molar-refractivity contribution in [3.63, 3.8) is 0 Å². The molecule has 32 atom stereocenters. The molecule has 0 radical (unpaired) electrons. The Morgan fingerprint density at radius 3 is 2.15 bits per heavy atom. The minimum atomic E-state index is -0.986. The Hall–Kier alpha value is -1.65. The number of esters is 1. The highest BCUT2D eigenvalue weighted by Crippen LogP contribution is 2.60. The second-order valence-electron chi connectivity index (χ2n) is 28.7. The molecule has 2 unspecified atom stereocenters. The van der Waals surface area contributed by atoms with Crippen LogP contribution in [0.15, 0.2) is 24.3 Å². The van der Waals surface area contributed by atoms with Gasteiger partial charge in [-0.05, 0) is 118 Å². The SMILES string of the molecule is C=C1C[C@@H]2CC[C@@]34C[C@@H]5O[C@@H]6[C@@H](O[C@H]7CC[C@H](CC(=O)O[C@@H]8[C@@H](C)[C@@H]9O[C@@H]%10C[C@]%11(C[C@@H]%12C[C@@]%13(C[C@H](C)[C@@H]%12O%11)C[C@H](C)[C@@H]%11O[C@H]([C@H](O)C[C@H](O)CO)C[C@@H]%11O%13)O[C@@H]%10C[C@@H]9O[C@H]8CC8C[C@@H](CCC1O2)C[C@@H](C)C8=C)O[C@@H]7[C@@H]6O3)[C@H]5O4. The van der Waals surface area contributed by atoms with Crippen molar-refractivity contribution in [2.45, 2.75) is 308 Å². The Balaban J connectivity index is 0.655. The van der Waals surface area contributed by atoms with E-state index in [4.69, 9.17) is 68.2 Å². The zero-order valence-electron chi connectivity index (χ0n) is 47.1. The Morgan fingerprint density at radius 2 is 1.30 bits per heavy atom. The predicted molar refractivity (Wildman–Crippen MR) is 280 cm³/mol. The van der Waals surface area contributed by atoms with Crippen LogP contribution in [0.1, 0.15) is 156 Å². The van der Waals surface area contributed by atoms with Gasteiger partial charge >= 0.3 is 5.97 Å². The third-order valence-corrected chi connectivity index (χ3v) is 23.1. The van der Waals surface area contributed by atoms with Gasteiger partial charge < -0.3 is 76.9 Å². The molecular weight excluding hydrogens is 1020 g/mol. The lowest BCUT2D eigenvalue weighted by molar-refractivity contribution is -0.293. The van der Waals surface area contributed by atoms with Gasteiger partial charge in [-0.1, -0.05) is 46.4 Å². The number of hydrogen-bond acceptors (Lipinski definition) is 17. The summed E-state index contributed by atoms with van der Waals surface area (Å²) in [5.41, 5.74) is 2.11. The molecule has 16 fully saturated rings. The number of aliphatic hydroxyl groups excluding tert-OH is 3. The molecule has 14 aliphatic heterocycles. The quantitative estimate of drug-likeness (QED) is 0.205. The second-order valence-corrected chi connectivity index (χ2v) is 28.7. The monoisotopic (exact) mass is 1110 g/mol. The van der Waals surface area contributed by atoms with Crippen molar-refractivity contribution in [1.82, 2.24) is 0 Å². The molecule has 16 rings (SSSR count). The van der Waals surface area contributed by atoms with Crippen LogP contribution in [0.4, 0.5) is 0 Å². The fraction of sp³-hybridized carbons (Fsp3) is 0.919. The zero-order valence-corrected chi connectivity index (χ0v) is 47.1. The third kappa shape index (κ3) is 9.45. The van der Waals surface area contributed by atoms with E-state index in [1.807, 2.05) is 0 Å². The van der Waals surface area contributed by atoms with Crippen molar-refractivity contribution in [3.8, 4) is 0 Å². The predicted octanol–water partition coefficient (Wildman–Crippen LogP) is 6.46. The van der Waals surface area contributed by atoms with Crippen molar-refractivity contribution in [2.75, 3.05) is 6.61 Å². The number of ether oxygens (including phenoxy) is 13. The highest BCUT2D eigenvalue weighted by Gasteiger charge is 2.70. The number of allylic oxidation sites excluding steroid dienone is 1. The highest BCUT2D eigenvalue weighted by molar-refractivity contribution is 5.70. The van der Waals surface area contributed by atoms with Crippen molar-refractivity contribution in [1.29, 1.82) is 0 Å². The molecule has 0 amide bonds. The van der Waals surface area contributed by atoms with Crippen LogP contribution in [0.3, 0.4) is 0 Å². The van der Waals surface area contributed by atoms with E-state index in [0.29, 0.717) is 56.8 Å². The number of carbonyl (C=O) groups excluding carboxylic acids is 1. The molecule has 16 aliphatic rings. The molecule has 2 saturated carbocycles. The number of fused-ring (bicyclic) bond motifs is 10. The summed E-state index contributed by atoms with van der Waals surface area (Å²) in [6.45, 7) is 17.9. The number of carbonyl (C=O) groups is 1. The Morgan fingerprint density at radius 1 is 0.557 bits per heavy atom. The van der Waals surface area contributed by atoms with Crippen LogP contribution >= 0.6 is 0 Å². The molecule has 79 heavy (non-hydrogen) atoms. The first kappa shape index (κ1) is 54.0. The minimum absolute atomic E-state index is 0.0271. The first-order valence-corrected chi connectivity index (χ1v) is 31.5. The van der Waals surface area contributed by atoms with Gasteiger partial charge in [0.15, 0.2) is 11.6 Å². The van der Waals surface area contributed by atoms with Gasteiger partial charge in [0.25, 0.3) is 0 Å². The summed E-state index contributed by atoms with van der Waals surface area (Å²) in [7, 11) is 0. The largest absolute Gasteiger partial charge is 0.459 e. The molecule has 0 aromatic heterocycles. The molecule has 14 saturated heterocycles. The molecule has 14 heterocycles. The van der Waals surface area contributed by atoms with Gasteiger partial charge in [0, 0.05) is 50.9 Å². The molecule has 3 N–H and O–H groups in total. The fourth-order valence-corrected chi connectivity index (χ4v) is 19.7. The molecule has 0 aromatic rings. The first-order valence-electron chi connectivity index (χ1n) is 31.5. The van der Waals surface area contributed by atoms with E-state index in [-0.39, 0.29) is 158 Å². The van der Waals surface area contributed by atoms with Gasteiger partial charge in [-0.25, -0.2) is 0 Å². The van der Waals surface area contributed by atoms with Gasteiger partial charge in [0.1, 0.15) is 36.6 Å². The molecule has 17 heteroatoms. The van der Waals surface area contributed by atoms with Gasteiger partial charge in [0.2, 0.25) is 0 Å². The van der Waals surface area contributed by atoms with E-state index in [2.05, 4.69) is 34.3 Å². The van der Waals surface area contributed by atoms with Gasteiger partial charge in [-0.2, -0.15) is 0 Å². The minimum Gasteiger partial charge on any atom is -0.459 e. The van der Waals surface area contributed by atoms with Gasteiger partial charge in [-0.3, -0.25) is 4.79 Å². The lowest BCUT2D eigenvalue weighted by Crippen LogP contribution is -2.62. The lowest BCUT2D eigenvalue weighted by atomic mass is 9.66. The zero-order chi connectivity index (χ0) is 54.0. The Labute approximate surface area is 466 Å². The van der Waals surface area contributed by atoms with E-state index in [9.17, 15) is 20.1 Å². The maximum atomic E-state index is 14.6. The average molecular weight is 1110 g/mol. The first-order chi connectivity index (χ1) is 38.0. The van der Waals surface area contributed by atoms with Crippen LogP contribution in [-0.4, -0.2) is 179 Å². The second kappa shape index (κ2) is 20.2. The highest BCUT2D eigenvalue weighted by atomic mass is 16.8. The molecule has 12 bridgehead atoms. The van der Waals surface area contributed by atoms with E-state index >= 15 is 0 Å². The maximum Gasteiger partial charge on any atom is 0.308 e. The van der Waals surface area contributed by atoms with Crippen LogP contribution in [0, 0.1) is 41.4 Å². The number of hydrogen-bond donors (Lipinski definition) is 3. The normalized spacial score (nSPS) is 57.2. The molecule has 0 aromatic carbocycles. The van der Waals surface area contributed by atoms with Crippen molar-refractivity contribution in [2.24, 2.45) is 41.4 Å². The van der Waals surface area contributed by atoms with E-state index in [1.54, 1.807) is 0 Å². The summed E-state index contributed by atoms with van der Waals surface area (Å²) in [6.07, 6.45) is 8.19. The summed E-state index contributed by atoms with van der Waals surface area (Å²) >= 11 is 0. The van der Waals surface area contributed by atoms with Gasteiger partial charge in [0.05, 0.1) is 116 Å². The van der Waals surface area contributed by atoms with E-state index < -0.39 is 48.7 Å². The maximum absolute atomic E-state index is 14.6. The standard InChI is InChI=1S/C62H90O17/c1-28-13-34-7-9-41-29(2)14-39(67-41)11-12-61-26-49-56(78-61)57-58(73-49)59(79-61)55-42(70-57)10-8-38(68-55)18-50(66)74-54-33(6)53-46(69-45(54)16-35(15-34)32(28)5)20-44-48(72-53)25-62(76-44)24-36-23-60(21-30(3)51(36)77-62)22-31(4)52-47(75-60)19-43(71-52)40(65)17-37(64)27-63/h28,30-31,33-49,51-59,63-65H,2,5,7-27H2,1,3-4,6H3/t28-,30+,31+,33+,34+,35?,36+,37+,38-,39+,40-,41?,42+,43+,44-,45+,46+,47+,48-,49+,51+,52+,53+,54-,55+,56+,57+,58-,59+,60-,61+,62-/m1/s1. The Kier molecular flexibility index (Phi) is 13.8. The molecule has 440 valence electrons. The number of aliphatic hydroxyl groups is 3. The number of rotatable bonds is 4. The van der Waals surface area contributed by atoms with Crippen LogP contribution in [0.5, 0.6) is 0 Å². The van der Waals surface area contributed by atoms with Crippen molar-refractivity contribution < 1.29 is 81.7 Å². The summed E-state index contributed by atoms with van der Waals surface area (Å²) in [6, 6.07) is 0. The summed E-state index contributed by atoms with van der Waals surface area (Å²) in [5, 5.41) is 30.4. The van der Waals surface area contributed by atoms with Crippen LogP contribution in [-0.2, 0) is 66.4 Å². The lowest BCUT2D eigenvalue weighted by Gasteiger charge is -2.51. The summed E-state index contributed by atoms with van der Waals surface area (Å²) < 4.78 is 90.4. The van der Waals surface area contributed by atoms with E-state index in [1.165, 1.54) is 11.1 Å². The smallest absolute Gasteiger partial charge is 0.308 e. The Bertz CT molecular complexity index is 2340. The molecule has 2 aliphatic carbocycles. The molecular formula is C62H90O17. The van der Waals surface area contributed by atoms with E-state index in [0.717, 1.165) is 70.6 Å². The fourth-order valence-electron chi connectivity index (χ4n) is 19.7. The van der Waals surface area contributed by atoms with Crippen LogP contribution in [0.25, 0.3) is 0 Å². The molecule has 17 nitrogen and oxygen atoms in total. The topological polar surface area (TPSA) is 198 Å². The summed E-state index contributed by atoms with van der Waals surface area (Å²) in [4.78, 5) is 14.6. The van der Waals surface area contributed by atoms with Crippen molar-refractivity contribution in [3.05, 3.63) is 24.3 Å². The van der Waals surface area contributed by atoms with Crippen molar-refractivity contribution >= 4 is 5.97 Å². The third-order valence-electron chi connectivity index (χ3n) is 23.1. The summed E-state index contributed by atoms with van der Waals surface area (Å²) in [5.74, 6) is -0.282. The average Bonchev–Trinajstić information content (AvgIpc) is 4.46. The van der Waals surface area contributed by atoms with Crippen LogP contribution < -0.4 is 0 Å².